The molecule has 20 heavy (non-hydrogen) atoms. The quantitative estimate of drug-likeness (QED) is 0.350. The highest BCUT2D eigenvalue weighted by atomic mass is 16.6. The van der Waals surface area contributed by atoms with Crippen molar-refractivity contribution in [3.63, 3.8) is 0 Å². The Labute approximate surface area is 120 Å². The third-order valence-electron chi connectivity index (χ3n) is 4.78. The van der Waals surface area contributed by atoms with E-state index < -0.39 is 6.10 Å². The van der Waals surface area contributed by atoms with Crippen LogP contribution in [-0.4, -0.2) is 37.0 Å². The normalized spacial score (nSPS) is 31.9. The van der Waals surface area contributed by atoms with Gasteiger partial charge in [-0.05, 0) is 35.7 Å². The molecule has 1 aliphatic heterocycles. The monoisotopic (exact) mass is 280 g/mol. The minimum Gasteiger partial charge on any atom is -0.466 e. The zero-order valence-corrected chi connectivity index (χ0v) is 12.5. The molecule has 2 aliphatic rings. The molecule has 0 amide bonds. The van der Waals surface area contributed by atoms with E-state index in [1.54, 1.807) is 0 Å². The number of rotatable bonds is 6. The summed E-state index contributed by atoms with van der Waals surface area (Å²) in [6.07, 6.45) is 0.910. The molecule has 2 unspecified atom stereocenters. The summed E-state index contributed by atoms with van der Waals surface area (Å²) in [6.45, 7) is 12.7. The molecule has 2 fully saturated rings. The van der Waals surface area contributed by atoms with Crippen LogP contribution in [0.25, 0.3) is 0 Å². The first-order valence-corrected chi connectivity index (χ1v) is 7.03. The van der Waals surface area contributed by atoms with Gasteiger partial charge in [0.1, 0.15) is 6.10 Å². The Morgan fingerprint density at radius 2 is 2.10 bits per heavy atom. The number of aliphatic hydroxyl groups is 1. The highest BCUT2D eigenvalue weighted by Gasteiger charge is 2.50. The fraction of sp³-hybridized carbons (Fsp3) is 0.688. The van der Waals surface area contributed by atoms with Gasteiger partial charge in [0.2, 0.25) is 0 Å². The summed E-state index contributed by atoms with van der Waals surface area (Å²) in [6, 6.07) is 0. The predicted octanol–water partition coefficient (Wildman–Crippen LogP) is 2.08. The summed E-state index contributed by atoms with van der Waals surface area (Å²) in [5.74, 6) is -0.0611. The molecule has 1 N–H and O–H groups in total. The number of carbonyl (C=O) groups is 1. The molecule has 0 spiro atoms. The van der Waals surface area contributed by atoms with Gasteiger partial charge in [-0.2, -0.15) is 0 Å². The third kappa shape index (κ3) is 2.81. The highest BCUT2D eigenvalue weighted by Crippen LogP contribution is 2.55. The van der Waals surface area contributed by atoms with Gasteiger partial charge in [-0.15, -0.1) is 0 Å². The van der Waals surface area contributed by atoms with Crippen molar-refractivity contribution in [2.24, 2.45) is 17.3 Å². The van der Waals surface area contributed by atoms with Crippen molar-refractivity contribution in [1.29, 1.82) is 0 Å². The van der Waals surface area contributed by atoms with E-state index in [0.29, 0.717) is 18.6 Å². The molecule has 1 saturated heterocycles. The van der Waals surface area contributed by atoms with Crippen LogP contribution in [0.2, 0.25) is 0 Å². The Kier molecular flexibility index (Phi) is 4.07. The van der Waals surface area contributed by atoms with Crippen LogP contribution in [0.4, 0.5) is 0 Å². The van der Waals surface area contributed by atoms with Crippen molar-refractivity contribution >= 4 is 5.97 Å². The van der Waals surface area contributed by atoms with Crippen LogP contribution in [0.3, 0.4) is 0 Å². The summed E-state index contributed by atoms with van der Waals surface area (Å²) in [5, 5.41) is 10.3. The fourth-order valence-electron chi connectivity index (χ4n) is 3.25. The molecule has 1 saturated carbocycles. The smallest absolute Gasteiger partial charge is 0.333 e. The van der Waals surface area contributed by atoms with E-state index in [1.807, 2.05) is 0 Å². The lowest BCUT2D eigenvalue weighted by atomic mass is 9.52. The molecule has 0 aromatic rings. The summed E-state index contributed by atoms with van der Waals surface area (Å²) in [5.41, 5.74) is 1.35. The second-order valence-electron chi connectivity index (χ2n) is 6.57. The van der Waals surface area contributed by atoms with Crippen LogP contribution in [0.1, 0.15) is 26.7 Å². The number of hydrogen-bond acceptors (Lipinski definition) is 4. The minimum absolute atomic E-state index is 0.00967. The van der Waals surface area contributed by atoms with E-state index in [0.717, 1.165) is 12.0 Å². The van der Waals surface area contributed by atoms with Gasteiger partial charge in [0.05, 0.1) is 19.8 Å². The molecule has 1 heterocycles. The van der Waals surface area contributed by atoms with Crippen molar-refractivity contribution in [3.8, 4) is 0 Å². The lowest BCUT2D eigenvalue weighted by Gasteiger charge is -2.52. The highest BCUT2D eigenvalue weighted by molar-refractivity contribution is 5.88. The average molecular weight is 280 g/mol. The minimum atomic E-state index is -0.583. The van der Waals surface area contributed by atoms with Crippen LogP contribution >= 0.6 is 0 Å². The van der Waals surface area contributed by atoms with Crippen LogP contribution in [-0.2, 0) is 14.3 Å². The molecular formula is C16H24O4. The average Bonchev–Trinajstić information content (AvgIpc) is 3.24. The summed E-state index contributed by atoms with van der Waals surface area (Å²) in [4.78, 5) is 11.6. The van der Waals surface area contributed by atoms with Gasteiger partial charge in [-0.3, -0.25) is 0 Å². The van der Waals surface area contributed by atoms with Crippen molar-refractivity contribution < 1.29 is 19.4 Å². The van der Waals surface area contributed by atoms with Crippen LogP contribution in [0, 0.1) is 17.3 Å². The number of carbonyl (C=O) groups excluding carboxylic acids is 1. The maximum absolute atomic E-state index is 11.6. The Bertz CT molecular complexity index is 434. The van der Waals surface area contributed by atoms with Crippen molar-refractivity contribution in [2.75, 3.05) is 13.7 Å². The second-order valence-corrected chi connectivity index (χ2v) is 6.57. The molecule has 4 atom stereocenters. The van der Waals surface area contributed by atoms with Crippen LogP contribution in [0.5, 0.6) is 0 Å². The van der Waals surface area contributed by atoms with E-state index in [-0.39, 0.29) is 29.3 Å². The van der Waals surface area contributed by atoms with Gasteiger partial charge in [-0.1, -0.05) is 27.0 Å². The number of esters is 1. The van der Waals surface area contributed by atoms with Crippen molar-refractivity contribution in [2.45, 2.75) is 38.9 Å². The van der Waals surface area contributed by atoms with Gasteiger partial charge < -0.3 is 14.6 Å². The first-order chi connectivity index (χ1) is 9.27. The van der Waals surface area contributed by atoms with Gasteiger partial charge in [0.25, 0.3) is 0 Å². The van der Waals surface area contributed by atoms with E-state index >= 15 is 0 Å². The second kappa shape index (κ2) is 5.34. The Morgan fingerprint density at radius 1 is 1.50 bits per heavy atom. The van der Waals surface area contributed by atoms with Gasteiger partial charge in [-0.25, -0.2) is 4.79 Å². The summed E-state index contributed by atoms with van der Waals surface area (Å²) < 4.78 is 9.90. The zero-order valence-electron chi connectivity index (χ0n) is 12.5. The number of hydrogen-bond donors (Lipinski definition) is 1. The van der Waals surface area contributed by atoms with Crippen LogP contribution in [0.15, 0.2) is 24.3 Å². The van der Waals surface area contributed by atoms with Gasteiger partial charge >= 0.3 is 5.97 Å². The molecule has 0 aromatic carbocycles. The zero-order chi connectivity index (χ0) is 15.1. The summed E-state index contributed by atoms with van der Waals surface area (Å²) >= 11 is 0. The Morgan fingerprint density at radius 3 is 2.55 bits per heavy atom. The molecule has 0 aromatic heterocycles. The Hall–Kier alpha value is -1.13. The maximum atomic E-state index is 11.6. The predicted molar refractivity (Wildman–Crippen MR) is 76.0 cm³/mol. The lowest BCUT2D eigenvalue weighted by Crippen LogP contribution is -2.47. The number of ether oxygens (including phenoxy) is 2. The standard InChI is InChI=1S/C16H24O4/c1-9(15(18)19-5)11-7-16(3,4)12(11)6-13(17)10(2)14-8-20-14/h11-14,17H,1-2,6-8H2,3-5H3/t11-,12?,13+,14?/m1/s1. The summed E-state index contributed by atoms with van der Waals surface area (Å²) in [7, 11) is 1.37. The molecule has 0 radical (unpaired) electrons. The van der Waals surface area contributed by atoms with E-state index in [9.17, 15) is 9.90 Å². The molecule has 2 rings (SSSR count). The molecule has 4 nitrogen and oxygen atoms in total. The van der Waals surface area contributed by atoms with E-state index in [2.05, 4.69) is 27.0 Å². The topological polar surface area (TPSA) is 59.1 Å². The molecule has 112 valence electrons. The molecular weight excluding hydrogens is 256 g/mol. The molecule has 0 bridgehead atoms. The number of methoxy groups -OCH3 is 1. The first kappa shape index (κ1) is 15.3. The molecule has 4 heteroatoms. The first-order valence-electron chi connectivity index (χ1n) is 7.03. The van der Waals surface area contributed by atoms with E-state index in [1.165, 1.54) is 7.11 Å². The third-order valence-corrected chi connectivity index (χ3v) is 4.78. The number of aliphatic hydroxyl groups excluding tert-OH is 1. The van der Waals surface area contributed by atoms with Crippen LogP contribution < -0.4 is 0 Å². The van der Waals surface area contributed by atoms with Crippen molar-refractivity contribution in [3.05, 3.63) is 24.3 Å². The van der Waals surface area contributed by atoms with Crippen molar-refractivity contribution in [1.82, 2.24) is 0 Å². The van der Waals surface area contributed by atoms with Gasteiger partial charge in [0.15, 0.2) is 0 Å². The van der Waals surface area contributed by atoms with Gasteiger partial charge in [0, 0.05) is 5.57 Å². The number of epoxide rings is 1. The molecule has 1 aliphatic carbocycles. The van der Waals surface area contributed by atoms with E-state index in [4.69, 9.17) is 9.47 Å². The fourth-order valence-corrected chi connectivity index (χ4v) is 3.25. The SMILES string of the molecule is C=C(C(=O)OC)[C@H]1CC(C)(C)C1C[C@H](O)C(=C)C1CO1. The lowest BCUT2D eigenvalue weighted by molar-refractivity contribution is -0.139. The Balaban J connectivity index is 2.00. The largest absolute Gasteiger partial charge is 0.466 e. The maximum Gasteiger partial charge on any atom is 0.333 e.